The zero-order valence-electron chi connectivity index (χ0n) is 19.8. The third kappa shape index (κ3) is 5.68. The Morgan fingerprint density at radius 1 is 1.18 bits per heavy atom. The molecule has 3 rings (SSSR count). The molecule has 1 amide bonds. The highest BCUT2D eigenvalue weighted by Crippen LogP contribution is 2.33. The van der Waals surface area contributed by atoms with Crippen molar-refractivity contribution in [2.45, 2.75) is 44.9 Å². The molecule has 10 heteroatoms. The van der Waals surface area contributed by atoms with Gasteiger partial charge in [0, 0.05) is 24.0 Å². The molecule has 2 aromatic rings. The molecular weight excluding hydrogens is 476 g/mol. The van der Waals surface area contributed by atoms with Crippen LogP contribution in [0.3, 0.4) is 0 Å². The van der Waals surface area contributed by atoms with Crippen LogP contribution >= 0.6 is 11.3 Å². The van der Waals surface area contributed by atoms with Crippen LogP contribution < -0.4 is 10.1 Å². The van der Waals surface area contributed by atoms with Crippen LogP contribution in [-0.2, 0) is 19.6 Å². The van der Waals surface area contributed by atoms with Gasteiger partial charge in [0.2, 0.25) is 15.9 Å². The van der Waals surface area contributed by atoms with Crippen LogP contribution in [0.2, 0.25) is 0 Å². The molecular formula is C24H30N2O6S2. The van der Waals surface area contributed by atoms with E-state index >= 15 is 0 Å². The number of methoxy groups -OCH3 is 1. The van der Waals surface area contributed by atoms with Crippen molar-refractivity contribution in [3.05, 3.63) is 45.8 Å². The second-order valence-electron chi connectivity index (χ2n) is 7.91. The number of piperidine rings is 1. The number of carbonyl (C=O) groups excluding carboxylic acids is 2. The van der Waals surface area contributed by atoms with Crippen molar-refractivity contribution in [1.29, 1.82) is 0 Å². The van der Waals surface area contributed by atoms with Crippen molar-refractivity contribution in [1.82, 2.24) is 4.31 Å². The summed E-state index contributed by atoms with van der Waals surface area (Å²) in [6.07, 6.45) is 5.51. The highest BCUT2D eigenvalue weighted by atomic mass is 32.2. The maximum Gasteiger partial charge on any atom is 0.341 e. The van der Waals surface area contributed by atoms with E-state index in [-0.39, 0.29) is 17.3 Å². The van der Waals surface area contributed by atoms with Gasteiger partial charge in [-0.2, -0.15) is 4.31 Å². The average Bonchev–Trinajstić information content (AvgIpc) is 3.10. The van der Waals surface area contributed by atoms with Crippen LogP contribution in [0.1, 0.15) is 52.5 Å². The Balaban J connectivity index is 1.82. The Hall–Kier alpha value is -2.69. The number of hydrogen-bond acceptors (Lipinski definition) is 7. The van der Waals surface area contributed by atoms with Crippen molar-refractivity contribution in [2.75, 3.05) is 32.1 Å². The zero-order chi connectivity index (χ0) is 24.9. The molecule has 0 radical (unpaired) electrons. The number of ether oxygens (including phenoxy) is 2. The maximum atomic E-state index is 13.2. The van der Waals surface area contributed by atoms with Gasteiger partial charge in [-0.05, 0) is 62.9 Å². The lowest BCUT2D eigenvalue weighted by Crippen LogP contribution is -2.35. The van der Waals surface area contributed by atoms with Gasteiger partial charge in [-0.1, -0.05) is 12.5 Å². The molecule has 1 saturated heterocycles. The third-order valence-corrected chi connectivity index (χ3v) is 8.69. The van der Waals surface area contributed by atoms with Gasteiger partial charge in [-0.15, -0.1) is 11.3 Å². The second-order valence-corrected chi connectivity index (χ2v) is 11.0. The Morgan fingerprint density at radius 2 is 1.88 bits per heavy atom. The monoisotopic (exact) mass is 506 g/mol. The molecule has 1 N–H and O–H groups in total. The molecule has 2 heterocycles. The molecule has 184 valence electrons. The number of nitrogens with zero attached hydrogens (tertiary/aromatic N) is 1. The van der Waals surface area contributed by atoms with E-state index in [9.17, 15) is 18.0 Å². The fourth-order valence-corrected chi connectivity index (χ4v) is 6.49. The molecule has 0 unspecified atom stereocenters. The Kier molecular flexibility index (Phi) is 8.51. The van der Waals surface area contributed by atoms with E-state index in [1.54, 1.807) is 19.1 Å². The summed E-state index contributed by atoms with van der Waals surface area (Å²) in [5, 5.41) is 3.16. The zero-order valence-corrected chi connectivity index (χ0v) is 21.5. The predicted molar refractivity (Wildman–Crippen MR) is 133 cm³/mol. The minimum Gasteiger partial charge on any atom is -0.495 e. The van der Waals surface area contributed by atoms with E-state index in [1.807, 2.05) is 13.8 Å². The number of hydrogen-bond donors (Lipinski definition) is 1. The van der Waals surface area contributed by atoms with Gasteiger partial charge in [-0.25, -0.2) is 13.2 Å². The van der Waals surface area contributed by atoms with Gasteiger partial charge in [0.15, 0.2) is 0 Å². The number of benzene rings is 1. The quantitative estimate of drug-likeness (QED) is 0.421. The molecule has 8 nitrogen and oxygen atoms in total. The normalized spacial score (nSPS) is 14.8. The first-order valence-electron chi connectivity index (χ1n) is 11.1. The van der Waals surface area contributed by atoms with Crippen LogP contribution in [0, 0.1) is 13.8 Å². The summed E-state index contributed by atoms with van der Waals surface area (Å²) in [6.45, 7) is 6.61. The molecule has 1 aliphatic heterocycles. The molecule has 0 spiro atoms. The fourth-order valence-electron chi connectivity index (χ4n) is 3.73. The van der Waals surface area contributed by atoms with Crippen LogP contribution in [0.25, 0.3) is 6.08 Å². The molecule has 0 bridgehead atoms. The second kappa shape index (κ2) is 11.2. The van der Waals surface area contributed by atoms with E-state index < -0.39 is 21.9 Å². The van der Waals surface area contributed by atoms with Crippen LogP contribution in [-0.4, -0.2) is 51.4 Å². The summed E-state index contributed by atoms with van der Waals surface area (Å²) in [5.74, 6) is -0.662. The molecule has 0 atom stereocenters. The minimum absolute atomic E-state index is 0.0774. The van der Waals surface area contributed by atoms with Gasteiger partial charge in [0.05, 0.1) is 19.3 Å². The van der Waals surface area contributed by atoms with Gasteiger partial charge in [0.25, 0.3) is 0 Å². The van der Waals surface area contributed by atoms with Crippen molar-refractivity contribution in [3.63, 3.8) is 0 Å². The number of thiophene rings is 1. The minimum atomic E-state index is -3.71. The summed E-state index contributed by atoms with van der Waals surface area (Å²) >= 11 is 1.30. The smallest absolute Gasteiger partial charge is 0.341 e. The fraction of sp³-hybridized carbons (Fsp3) is 0.417. The van der Waals surface area contributed by atoms with E-state index in [0.29, 0.717) is 29.2 Å². The van der Waals surface area contributed by atoms with Crippen LogP contribution in [0.15, 0.2) is 29.2 Å². The van der Waals surface area contributed by atoms with Gasteiger partial charge >= 0.3 is 5.97 Å². The molecule has 1 aromatic carbocycles. The van der Waals surface area contributed by atoms with Crippen molar-refractivity contribution in [3.8, 4) is 5.75 Å². The molecule has 1 fully saturated rings. The van der Waals surface area contributed by atoms with Crippen molar-refractivity contribution in [2.24, 2.45) is 0 Å². The lowest BCUT2D eigenvalue weighted by Gasteiger charge is -2.26. The molecule has 0 aliphatic carbocycles. The summed E-state index contributed by atoms with van der Waals surface area (Å²) in [4.78, 5) is 25.9. The van der Waals surface area contributed by atoms with Gasteiger partial charge < -0.3 is 14.8 Å². The van der Waals surface area contributed by atoms with Crippen LogP contribution in [0.5, 0.6) is 5.75 Å². The number of sulfonamides is 1. The average molecular weight is 507 g/mol. The standard InChI is InChI=1S/C24H30N2O6S2/c1-5-32-24(28)22-16(2)17(3)33-23(22)25-21(27)12-10-18-9-11-19(31-4)20(15-18)34(29,30)26-13-7-6-8-14-26/h9-12,15H,5-8,13-14H2,1-4H3,(H,25,27). The number of anilines is 1. The van der Waals surface area contributed by atoms with Crippen LogP contribution in [0.4, 0.5) is 5.00 Å². The van der Waals surface area contributed by atoms with Crippen molar-refractivity contribution < 1.29 is 27.5 Å². The first-order valence-corrected chi connectivity index (χ1v) is 13.4. The Labute approximate surface area is 204 Å². The highest BCUT2D eigenvalue weighted by molar-refractivity contribution is 7.89. The maximum absolute atomic E-state index is 13.2. The largest absolute Gasteiger partial charge is 0.495 e. The number of carbonyl (C=O) groups is 2. The van der Waals surface area contributed by atoms with Gasteiger partial charge in [0.1, 0.15) is 15.6 Å². The first-order chi connectivity index (χ1) is 16.2. The number of esters is 1. The third-order valence-electron chi connectivity index (χ3n) is 5.65. The van der Waals surface area contributed by atoms with Crippen molar-refractivity contribution >= 4 is 44.3 Å². The summed E-state index contributed by atoms with van der Waals surface area (Å²) < 4.78 is 38.3. The van der Waals surface area contributed by atoms with E-state index in [0.717, 1.165) is 29.7 Å². The Bertz CT molecular complexity index is 1190. The number of amides is 1. The topological polar surface area (TPSA) is 102 Å². The molecule has 0 saturated carbocycles. The van der Waals surface area contributed by atoms with Gasteiger partial charge in [-0.3, -0.25) is 4.79 Å². The predicted octanol–water partition coefficient (Wildman–Crippen LogP) is 4.38. The number of rotatable bonds is 8. The lowest BCUT2D eigenvalue weighted by atomic mass is 10.1. The van der Waals surface area contributed by atoms with E-state index in [4.69, 9.17) is 9.47 Å². The number of aryl methyl sites for hydroxylation is 1. The molecule has 1 aromatic heterocycles. The first kappa shape index (κ1) is 25.9. The summed E-state index contributed by atoms with van der Waals surface area (Å²) in [6, 6.07) is 4.77. The van der Waals surface area contributed by atoms with E-state index in [2.05, 4.69) is 5.32 Å². The SMILES string of the molecule is CCOC(=O)c1c(NC(=O)C=Cc2ccc(OC)c(S(=O)(=O)N3CCCCC3)c2)sc(C)c1C. The molecule has 1 aliphatic rings. The highest BCUT2D eigenvalue weighted by Gasteiger charge is 2.29. The number of nitrogens with one attached hydrogen (secondary N) is 1. The lowest BCUT2D eigenvalue weighted by molar-refractivity contribution is -0.111. The molecule has 34 heavy (non-hydrogen) atoms. The summed E-state index contributed by atoms with van der Waals surface area (Å²) in [7, 11) is -2.28. The summed E-state index contributed by atoms with van der Waals surface area (Å²) in [5.41, 5.74) is 1.66. The van der Waals surface area contributed by atoms with E-state index in [1.165, 1.54) is 41.0 Å². The Morgan fingerprint density at radius 3 is 2.53 bits per heavy atom.